The minimum absolute atomic E-state index is 0.161. The van der Waals surface area contributed by atoms with Crippen LogP contribution in [0.4, 0.5) is 0 Å². The van der Waals surface area contributed by atoms with Gasteiger partial charge in [-0.15, -0.1) is 0 Å². The second kappa shape index (κ2) is 10.2. The first-order chi connectivity index (χ1) is 13.1. The Morgan fingerprint density at radius 2 is 2.07 bits per heavy atom. The van der Waals surface area contributed by atoms with Gasteiger partial charge >= 0.3 is 0 Å². The molecule has 1 N–H and O–H groups in total. The fourth-order valence-corrected chi connectivity index (χ4v) is 4.29. The number of amides is 1. The third-order valence-electron chi connectivity index (χ3n) is 5.88. The summed E-state index contributed by atoms with van der Waals surface area (Å²) in [4.78, 5) is 23.9. The number of carbonyl (C=O) groups is 1. The topological polar surface area (TPSA) is 51.7 Å². The molecule has 1 aromatic rings. The van der Waals surface area contributed by atoms with Crippen LogP contribution in [0.1, 0.15) is 31.2 Å². The fraction of sp³-hybridized carbons (Fsp3) is 0.714. The molecule has 1 aromatic heterocycles. The van der Waals surface area contributed by atoms with Gasteiger partial charge in [-0.05, 0) is 71.0 Å². The van der Waals surface area contributed by atoms with Crippen LogP contribution in [0.3, 0.4) is 0 Å². The summed E-state index contributed by atoms with van der Waals surface area (Å²) in [5.74, 6) is 0.407. The number of nitrogens with one attached hydrogen (secondary N) is 1. The normalized spacial score (nSPS) is 22.9. The summed E-state index contributed by atoms with van der Waals surface area (Å²) in [6.07, 6.45) is 8.38. The van der Waals surface area contributed by atoms with Gasteiger partial charge in [-0.1, -0.05) is 6.07 Å². The Kier molecular flexibility index (Phi) is 7.61. The zero-order valence-electron chi connectivity index (χ0n) is 16.9. The Labute approximate surface area is 163 Å². The molecule has 1 amide bonds. The molecule has 0 radical (unpaired) electrons. The highest BCUT2D eigenvalue weighted by Gasteiger charge is 2.31. The summed E-state index contributed by atoms with van der Waals surface area (Å²) in [6, 6.07) is 4.80. The number of hydrogen-bond acceptors (Lipinski definition) is 5. The molecule has 6 nitrogen and oxygen atoms in total. The highest BCUT2D eigenvalue weighted by molar-refractivity contribution is 5.78. The average Bonchev–Trinajstić information content (AvgIpc) is 2.69. The molecule has 3 heterocycles. The standard InChI is InChI=1S/C21H35N5O/c1-24(2)14-10-23-21(27)19-6-4-11-26(17-19)20-7-12-25(13-8-20)16-18-5-3-9-22-15-18/h3,5,9,15,19-20H,4,6-8,10-14,16-17H2,1-2H3,(H,23,27)/t19-/m0/s1. The molecule has 150 valence electrons. The molecule has 1 atom stereocenters. The van der Waals surface area contributed by atoms with Crippen LogP contribution in [-0.4, -0.2) is 85.0 Å². The van der Waals surface area contributed by atoms with Crippen molar-refractivity contribution < 1.29 is 4.79 Å². The van der Waals surface area contributed by atoms with E-state index < -0.39 is 0 Å². The monoisotopic (exact) mass is 373 g/mol. The molecule has 2 saturated heterocycles. The maximum Gasteiger partial charge on any atom is 0.224 e. The zero-order valence-corrected chi connectivity index (χ0v) is 16.9. The first-order valence-corrected chi connectivity index (χ1v) is 10.4. The van der Waals surface area contributed by atoms with Crippen LogP contribution in [0.5, 0.6) is 0 Å². The zero-order chi connectivity index (χ0) is 19.1. The van der Waals surface area contributed by atoms with Gasteiger partial charge in [0, 0.05) is 44.6 Å². The van der Waals surface area contributed by atoms with Gasteiger partial charge in [-0.25, -0.2) is 0 Å². The van der Waals surface area contributed by atoms with Gasteiger partial charge in [-0.3, -0.25) is 19.6 Å². The van der Waals surface area contributed by atoms with Crippen molar-refractivity contribution in [2.24, 2.45) is 5.92 Å². The maximum absolute atomic E-state index is 12.5. The molecule has 0 unspecified atom stereocenters. The van der Waals surface area contributed by atoms with E-state index in [1.807, 2.05) is 32.6 Å². The second-order valence-corrected chi connectivity index (χ2v) is 8.30. The van der Waals surface area contributed by atoms with Gasteiger partial charge in [0.15, 0.2) is 0 Å². The van der Waals surface area contributed by atoms with E-state index >= 15 is 0 Å². The summed E-state index contributed by atoms with van der Waals surface area (Å²) >= 11 is 0. The number of nitrogens with zero attached hydrogens (tertiary/aromatic N) is 4. The Balaban J connectivity index is 1.42. The molecule has 6 heteroatoms. The summed E-state index contributed by atoms with van der Waals surface area (Å²) in [6.45, 7) is 6.99. The minimum Gasteiger partial charge on any atom is -0.355 e. The van der Waals surface area contributed by atoms with Crippen molar-refractivity contribution in [2.45, 2.75) is 38.3 Å². The number of carbonyl (C=O) groups excluding carboxylic acids is 1. The molecule has 0 aromatic carbocycles. The van der Waals surface area contributed by atoms with Crippen LogP contribution < -0.4 is 5.32 Å². The molecule has 27 heavy (non-hydrogen) atoms. The van der Waals surface area contributed by atoms with E-state index in [1.165, 1.54) is 18.4 Å². The first kappa shape index (κ1) is 20.2. The Morgan fingerprint density at radius 3 is 2.78 bits per heavy atom. The van der Waals surface area contributed by atoms with Crippen molar-refractivity contribution in [3.8, 4) is 0 Å². The van der Waals surface area contributed by atoms with Crippen molar-refractivity contribution in [2.75, 3.05) is 53.4 Å². The lowest BCUT2D eigenvalue weighted by Gasteiger charge is -2.42. The third-order valence-corrected chi connectivity index (χ3v) is 5.88. The van der Waals surface area contributed by atoms with E-state index in [0.717, 1.165) is 58.7 Å². The minimum atomic E-state index is 0.161. The fourth-order valence-electron chi connectivity index (χ4n) is 4.29. The molecule has 0 aliphatic carbocycles. The number of aromatic nitrogens is 1. The van der Waals surface area contributed by atoms with E-state index in [1.54, 1.807) is 0 Å². The summed E-state index contributed by atoms with van der Waals surface area (Å²) in [5.41, 5.74) is 1.29. The highest BCUT2D eigenvalue weighted by atomic mass is 16.1. The number of pyridine rings is 1. The van der Waals surface area contributed by atoms with E-state index in [0.29, 0.717) is 6.04 Å². The van der Waals surface area contributed by atoms with Crippen LogP contribution in [0.2, 0.25) is 0 Å². The Morgan fingerprint density at radius 1 is 1.26 bits per heavy atom. The molecule has 2 aliphatic heterocycles. The van der Waals surface area contributed by atoms with Gasteiger partial charge in [-0.2, -0.15) is 0 Å². The van der Waals surface area contributed by atoms with E-state index in [-0.39, 0.29) is 11.8 Å². The van der Waals surface area contributed by atoms with Crippen molar-refractivity contribution in [1.29, 1.82) is 0 Å². The van der Waals surface area contributed by atoms with Crippen molar-refractivity contribution >= 4 is 5.91 Å². The van der Waals surface area contributed by atoms with Crippen LogP contribution >= 0.6 is 0 Å². The van der Waals surface area contributed by atoms with E-state index in [9.17, 15) is 4.79 Å². The van der Waals surface area contributed by atoms with Gasteiger partial charge in [0.05, 0.1) is 5.92 Å². The van der Waals surface area contributed by atoms with Crippen LogP contribution in [0, 0.1) is 5.92 Å². The largest absolute Gasteiger partial charge is 0.355 e. The molecular formula is C21H35N5O. The van der Waals surface area contributed by atoms with Gasteiger partial charge in [0.1, 0.15) is 0 Å². The third kappa shape index (κ3) is 6.26. The molecule has 3 rings (SSSR count). The average molecular weight is 374 g/mol. The van der Waals surface area contributed by atoms with Gasteiger partial charge < -0.3 is 10.2 Å². The predicted octanol–water partition coefficient (Wildman–Crippen LogP) is 1.44. The summed E-state index contributed by atoms with van der Waals surface area (Å²) in [7, 11) is 4.07. The van der Waals surface area contributed by atoms with Crippen molar-refractivity contribution in [3.63, 3.8) is 0 Å². The molecule has 0 bridgehead atoms. The lowest BCUT2D eigenvalue weighted by molar-refractivity contribution is -0.127. The Hall–Kier alpha value is -1.50. The number of likely N-dealkylation sites (tertiary alicyclic amines) is 2. The number of rotatable bonds is 7. The summed E-state index contributed by atoms with van der Waals surface area (Å²) < 4.78 is 0. The molecule has 2 fully saturated rings. The van der Waals surface area contributed by atoms with Crippen LogP contribution in [0.25, 0.3) is 0 Å². The van der Waals surface area contributed by atoms with Crippen molar-refractivity contribution in [3.05, 3.63) is 30.1 Å². The SMILES string of the molecule is CN(C)CCNC(=O)[C@H]1CCCN(C2CCN(Cc3cccnc3)CC2)C1. The summed E-state index contributed by atoms with van der Waals surface area (Å²) in [5, 5.41) is 3.12. The first-order valence-electron chi connectivity index (χ1n) is 10.4. The lowest BCUT2D eigenvalue weighted by atomic mass is 9.93. The predicted molar refractivity (Wildman–Crippen MR) is 108 cm³/mol. The van der Waals surface area contributed by atoms with Gasteiger partial charge in [0.2, 0.25) is 5.91 Å². The van der Waals surface area contributed by atoms with E-state index in [2.05, 4.69) is 31.1 Å². The maximum atomic E-state index is 12.5. The van der Waals surface area contributed by atoms with Crippen LogP contribution in [-0.2, 0) is 11.3 Å². The number of hydrogen-bond donors (Lipinski definition) is 1. The molecular weight excluding hydrogens is 338 g/mol. The second-order valence-electron chi connectivity index (χ2n) is 8.30. The molecule has 0 spiro atoms. The smallest absolute Gasteiger partial charge is 0.224 e. The highest BCUT2D eigenvalue weighted by Crippen LogP contribution is 2.24. The Bertz CT molecular complexity index is 571. The number of likely N-dealkylation sites (N-methyl/N-ethyl adjacent to an activating group) is 1. The van der Waals surface area contributed by atoms with Gasteiger partial charge in [0.25, 0.3) is 0 Å². The number of piperidine rings is 2. The quantitative estimate of drug-likeness (QED) is 0.784. The van der Waals surface area contributed by atoms with Crippen molar-refractivity contribution in [1.82, 2.24) is 25.0 Å². The molecule has 0 saturated carbocycles. The van der Waals surface area contributed by atoms with E-state index in [4.69, 9.17) is 0 Å². The molecule has 2 aliphatic rings. The van der Waals surface area contributed by atoms with Crippen LogP contribution in [0.15, 0.2) is 24.5 Å². The lowest BCUT2D eigenvalue weighted by Crippen LogP contribution is -2.51.